The second kappa shape index (κ2) is 8.79. The molecule has 172 valence electrons. The fourth-order valence-corrected chi connectivity index (χ4v) is 5.06. The molecule has 1 aliphatic heterocycles. The zero-order chi connectivity index (χ0) is 23.1. The van der Waals surface area contributed by atoms with Gasteiger partial charge in [-0.05, 0) is 5.23 Å². The molecule has 1 aliphatic rings. The molecule has 6 atom stereocenters. The Balaban J connectivity index is 2.14. The summed E-state index contributed by atoms with van der Waals surface area (Å²) < 4.78 is 49.7. The number of H-pyrrole nitrogens is 1. The topological polar surface area (TPSA) is 288 Å². The van der Waals surface area contributed by atoms with Crippen molar-refractivity contribution < 1.29 is 66.7 Å². The molecule has 0 amide bonds. The van der Waals surface area contributed by atoms with Crippen LogP contribution >= 0.6 is 23.5 Å². The number of aliphatic hydroxyl groups excluding tert-OH is 2. The Morgan fingerprint density at radius 2 is 1.63 bits per heavy atom. The Morgan fingerprint density at radius 3 is 2.17 bits per heavy atom. The average Bonchev–Trinajstić information content (AvgIpc) is 2.79. The Kier molecular flexibility index (Phi) is 7.37. The largest absolute Gasteiger partial charge is 0.499 e. The summed E-state index contributed by atoms with van der Waals surface area (Å²) in [5.74, 6) is 0. The molecule has 1 aromatic heterocycles. The molecule has 0 aliphatic carbocycles. The number of nitrogens with zero attached hydrogens (tertiary/aromatic N) is 2. The molecule has 2 heterocycles. The van der Waals surface area contributed by atoms with E-state index in [1.807, 2.05) is 4.98 Å². The van der Waals surface area contributed by atoms with Crippen LogP contribution in [0.5, 0.6) is 0 Å². The summed E-state index contributed by atoms with van der Waals surface area (Å²) in [7, 11) is -17.4. The smallest absolute Gasteiger partial charge is 0.386 e. The van der Waals surface area contributed by atoms with Gasteiger partial charge in [0.2, 0.25) is 0 Å². The van der Waals surface area contributed by atoms with Gasteiger partial charge in [0.15, 0.2) is 12.5 Å². The van der Waals surface area contributed by atoms with Crippen molar-refractivity contribution in [2.45, 2.75) is 24.7 Å². The van der Waals surface area contributed by atoms with Crippen molar-refractivity contribution in [3.05, 3.63) is 33.1 Å². The number of rotatable bonds is 8. The lowest BCUT2D eigenvalue weighted by atomic mass is 10.2. The molecule has 1 aromatic rings. The van der Waals surface area contributed by atoms with E-state index in [0.29, 0.717) is 4.57 Å². The Morgan fingerprint density at radius 1 is 1.03 bits per heavy atom. The number of hydrogen-bond acceptors (Lipinski definition) is 13. The highest BCUT2D eigenvalue weighted by atomic mass is 31.3. The zero-order valence-corrected chi connectivity index (χ0v) is 16.7. The van der Waals surface area contributed by atoms with Crippen molar-refractivity contribution >= 4 is 23.5 Å². The van der Waals surface area contributed by atoms with E-state index in [4.69, 9.17) is 19.4 Å². The van der Waals surface area contributed by atoms with E-state index in [0.717, 1.165) is 12.3 Å². The lowest BCUT2D eigenvalue weighted by molar-refractivity contribution is -0.371. The molecule has 2 rings (SSSR count). The van der Waals surface area contributed by atoms with Gasteiger partial charge in [-0.2, -0.15) is 13.2 Å². The van der Waals surface area contributed by atoms with Gasteiger partial charge < -0.3 is 34.5 Å². The highest BCUT2D eigenvalue weighted by Crippen LogP contribution is 2.66. The molecular formula is C8H14N3O16P3. The fourth-order valence-electron chi connectivity index (χ4n) is 2.13. The average molecular weight is 501 g/mol. The van der Waals surface area contributed by atoms with Crippen LogP contribution in [0.15, 0.2) is 21.9 Å². The predicted octanol–water partition coefficient (Wildman–Crippen LogP) is -2.94. The lowest BCUT2D eigenvalue weighted by Gasteiger charge is -2.24. The van der Waals surface area contributed by atoms with Gasteiger partial charge in [-0.1, -0.05) is 0 Å². The summed E-state index contributed by atoms with van der Waals surface area (Å²) in [5, 5.41) is 28.8. The van der Waals surface area contributed by atoms with Crippen LogP contribution < -0.4 is 11.2 Å². The molecule has 0 aromatic carbocycles. The highest BCUT2D eigenvalue weighted by Gasteiger charge is 2.50. The number of aliphatic hydroxyl groups is 2. The number of hydrogen-bond donors (Lipinski definition) is 8. The van der Waals surface area contributed by atoms with Crippen LogP contribution in [0, 0.1) is 0 Å². The van der Waals surface area contributed by atoms with E-state index >= 15 is 0 Å². The van der Waals surface area contributed by atoms with Crippen LogP contribution in [-0.4, -0.2) is 68.2 Å². The maximum Gasteiger partial charge on any atom is 0.499 e. The van der Waals surface area contributed by atoms with E-state index in [1.54, 1.807) is 0 Å². The minimum atomic E-state index is -5.89. The second-order valence-corrected chi connectivity index (χ2v) is 9.72. The van der Waals surface area contributed by atoms with Crippen molar-refractivity contribution in [1.29, 1.82) is 0 Å². The maximum atomic E-state index is 11.7. The lowest BCUT2D eigenvalue weighted by Crippen LogP contribution is -2.42. The van der Waals surface area contributed by atoms with Gasteiger partial charge in [-0.3, -0.25) is 19.6 Å². The fraction of sp³-hybridized carbons (Fsp3) is 0.500. The SMILES string of the molecule is O=c1ccn([C@@H]2O[C@H](N(O)OP(=O)(O)OP(=O)(O)OP(=O)(O)O)[C@@H](O)[C@H]2O)c(=O)[nH]1. The normalized spacial score (nSPS) is 28.9. The summed E-state index contributed by atoms with van der Waals surface area (Å²) >= 11 is 0. The number of hydroxylamine groups is 2. The summed E-state index contributed by atoms with van der Waals surface area (Å²) in [4.78, 5) is 59.8. The monoisotopic (exact) mass is 501 g/mol. The molecule has 0 radical (unpaired) electrons. The van der Waals surface area contributed by atoms with E-state index in [1.165, 1.54) is 0 Å². The van der Waals surface area contributed by atoms with Crippen LogP contribution in [0.4, 0.5) is 0 Å². The number of nitrogens with one attached hydrogen (secondary N) is 1. The molecule has 1 fully saturated rings. The first-order chi connectivity index (χ1) is 13.5. The molecule has 0 bridgehead atoms. The number of aromatic nitrogens is 2. The quantitative estimate of drug-likeness (QED) is 0.131. The first kappa shape index (κ1) is 25.2. The summed E-state index contributed by atoms with van der Waals surface area (Å²) in [6.45, 7) is 0. The number of phosphoric acid groups is 3. The molecule has 2 unspecified atom stereocenters. The van der Waals surface area contributed by atoms with Crippen LogP contribution in [0.3, 0.4) is 0 Å². The van der Waals surface area contributed by atoms with E-state index in [9.17, 15) is 43.6 Å². The van der Waals surface area contributed by atoms with Gasteiger partial charge in [0.1, 0.15) is 12.2 Å². The minimum absolute atomic E-state index is 0.577. The van der Waals surface area contributed by atoms with Gasteiger partial charge in [0.25, 0.3) is 5.56 Å². The van der Waals surface area contributed by atoms with Crippen molar-refractivity contribution in [3.63, 3.8) is 0 Å². The van der Waals surface area contributed by atoms with Gasteiger partial charge in [-0.25, -0.2) is 18.5 Å². The molecule has 22 heteroatoms. The molecule has 8 N–H and O–H groups in total. The zero-order valence-electron chi connectivity index (χ0n) is 14.0. The summed E-state index contributed by atoms with van der Waals surface area (Å²) in [6.07, 6.45) is -7.22. The van der Waals surface area contributed by atoms with Crippen LogP contribution in [0.25, 0.3) is 0 Å². The molecular weight excluding hydrogens is 487 g/mol. The van der Waals surface area contributed by atoms with Crippen molar-refractivity contribution in [3.8, 4) is 0 Å². The maximum absolute atomic E-state index is 11.7. The van der Waals surface area contributed by atoms with Gasteiger partial charge in [-0.15, -0.1) is 0 Å². The van der Waals surface area contributed by atoms with Crippen LogP contribution in [0.1, 0.15) is 6.23 Å². The Hall–Kier alpha value is -1.11. The standard InChI is InChI=1S/C8H14N3O16P3/c12-3-1-2-10(8(15)9-3)6-4(13)5(14)7(24-6)11(16)25-29(20,21)27-30(22,23)26-28(17,18)19/h1-2,4-7,13-14,16H,(H,20,21)(H,22,23)(H,9,12,15)(H2,17,18,19)/t4-,5+,6-,7+/m1/s1. The summed E-state index contributed by atoms with van der Waals surface area (Å²) in [5.41, 5.74) is -1.91. The predicted molar refractivity (Wildman–Crippen MR) is 85.8 cm³/mol. The molecule has 0 saturated carbocycles. The Bertz CT molecular complexity index is 1030. The molecule has 19 nitrogen and oxygen atoms in total. The summed E-state index contributed by atoms with van der Waals surface area (Å²) in [6, 6.07) is 0.847. The third-order valence-corrected chi connectivity index (χ3v) is 6.86. The number of aromatic amines is 1. The minimum Gasteiger partial charge on any atom is -0.386 e. The van der Waals surface area contributed by atoms with E-state index < -0.39 is 64.6 Å². The molecule has 1 saturated heterocycles. The molecule has 30 heavy (non-hydrogen) atoms. The van der Waals surface area contributed by atoms with Crippen molar-refractivity contribution in [1.82, 2.24) is 14.8 Å². The first-order valence-corrected chi connectivity index (χ1v) is 11.7. The third-order valence-electron chi connectivity index (χ3n) is 3.16. The molecule has 0 spiro atoms. The number of ether oxygens (including phenoxy) is 1. The van der Waals surface area contributed by atoms with Crippen LogP contribution in [-0.2, 0) is 31.7 Å². The van der Waals surface area contributed by atoms with E-state index in [2.05, 4.69) is 13.2 Å². The van der Waals surface area contributed by atoms with Crippen molar-refractivity contribution in [2.24, 2.45) is 0 Å². The van der Waals surface area contributed by atoms with Crippen LogP contribution in [0.2, 0.25) is 0 Å². The van der Waals surface area contributed by atoms with Gasteiger partial charge in [0, 0.05) is 12.3 Å². The third kappa shape index (κ3) is 6.44. The van der Waals surface area contributed by atoms with Gasteiger partial charge >= 0.3 is 29.2 Å². The first-order valence-electron chi connectivity index (χ1n) is 7.16. The van der Waals surface area contributed by atoms with Gasteiger partial charge in [0.05, 0.1) is 0 Å². The highest BCUT2D eigenvalue weighted by molar-refractivity contribution is 7.66. The van der Waals surface area contributed by atoms with E-state index in [-0.39, 0.29) is 0 Å². The van der Waals surface area contributed by atoms with Crippen molar-refractivity contribution in [2.75, 3.05) is 0 Å². The second-order valence-electron chi connectivity index (χ2n) is 5.39. The Labute approximate surface area is 163 Å².